The molecule has 1 fully saturated rings. The van der Waals surface area contributed by atoms with Crippen LogP contribution < -0.4 is 0 Å². The van der Waals surface area contributed by atoms with Gasteiger partial charge in [0.1, 0.15) is 0 Å². The van der Waals surface area contributed by atoms with Crippen molar-refractivity contribution in [2.75, 3.05) is 26.8 Å². The van der Waals surface area contributed by atoms with Crippen LogP contribution in [0.15, 0.2) is 12.3 Å². The molecule has 1 saturated heterocycles. The predicted molar refractivity (Wildman–Crippen MR) is 43.1 cm³/mol. The molecule has 0 aromatic carbocycles. The standard InChI is InChI=1S/C8H15NO2/c1-3-5-11-8-7-10-6-4-9(8)2/h3,5,8H,4,6-7H2,1-2H3. The monoisotopic (exact) mass is 157 g/mol. The van der Waals surface area contributed by atoms with Gasteiger partial charge in [0.05, 0.1) is 19.5 Å². The summed E-state index contributed by atoms with van der Waals surface area (Å²) < 4.78 is 10.6. The third-order valence-electron chi connectivity index (χ3n) is 1.71. The minimum atomic E-state index is 0.0972. The molecule has 0 aliphatic carbocycles. The summed E-state index contributed by atoms with van der Waals surface area (Å²) in [5.41, 5.74) is 0. The highest BCUT2D eigenvalue weighted by molar-refractivity contribution is 4.71. The van der Waals surface area contributed by atoms with Crippen molar-refractivity contribution in [3.05, 3.63) is 12.3 Å². The van der Waals surface area contributed by atoms with E-state index in [9.17, 15) is 0 Å². The van der Waals surface area contributed by atoms with Crippen molar-refractivity contribution in [2.24, 2.45) is 0 Å². The van der Waals surface area contributed by atoms with Gasteiger partial charge < -0.3 is 9.47 Å². The molecule has 0 aromatic rings. The highest BCUT2D eigenvalue weighted by atomic mass is 16.5. The lowest BCUT2D eigenvalue weighted by Gasteiger charge is -2.31. The Hall–Kier alpha value is -0.540. The van der Waals surface area contributed by atoms with E-state index in [1.54, 1.807) is 6.26 Å². The average Bonchev–Trinajstić information content (AvgIpc) is 2.03. The summed E-state index contributed by atoms with van der Waals surface area (Å²) in [6.45, 7) is 4.36. The zero-order chi connectivity index (χ0) is 8.10. The van der Waals surface area contributed by atoms with Gasteiger partial charge in [-0.15, -0.1) is 0 Å². The van der Waals surface area contributed by atoms with Crippen molar-refractivity contribution in [3.63, 3.8) is 0 Å². The molecule has 1 atom stereocenters. The van der Waals surface area contributed by atoms with Crippen molar-refractivity contribution < 1.29 is 9.47 Å². The number of hydrogen-bond acceptors (Lipinski definition) is 3. The molecule has 3 nitrogen and oxygen atoms in total. The first-order chi connectivity index (χ1) is 5.34. The highest BCUT2D eigenvalue weighted by Crippen LogP contribution is 2.05. The molecule has 0 amide bonds. The van der Waals surface area contributed by atoms with E-state index in [1.165, 1.54) is 0 Å². The first kappa shape index (κ1) is 8.56. The third kappa shape index (κ3) is 2.52. The topological polar surface area (TPSA) is 21.7 Å². The molecular formula is C8H15NO2. The minimum Gasteiger partial charge on any atom is -0.481 e. The van der Waals surface area contributed by atoms with Gasteiger partial charge in [-0.3, -0.25) is 4.90 Å². The molecule has 1 aliphatic rings. The van der Waals surface area contributed by atoms with Crippen LogP contribution >= 0.6 is 0 Å². The molecule has 3 heteroatoms. The van der Waals surface area contributed by atoms with Gasteiger partial charge in [-0.05, 0) is 14.0 Å². The number of rotatable bonds is 2. The van der Waals surface area contributed by atoms with Gasteiger partial charge in [0.2, 0.25) is 0 Å². The SMILES string of the molecule is CC=COC1COCCN1C. The lowest BCUT2D eigenvalue weighted by atomic mass is 10.4. The van der Waals surface area contributed by atoms with E-state index in [0.29, 0.717) is 6.61 Å². The Morgan fingerprint density at radius 2 is 2.45 bits per heavy atom. The summed E-state index contributed by atoms with van der Waals surface area (Å²) in [4.78, 5) is 2.14. The Morgan fingerprint density at radius 1 is 1.64 bits per heavy atom. The second kappa shape index (κ2) is 4.36. The van der Waals surface area contributed by atoms with Crippen LogP contribution in [0.2, 0.25) is 0 Å². The molecule has 0 bridgehead atoms. The molecule has 1 unspecified atom stereocenters. The molecule has 0 saturated carbocycles. The quantitative estimate of drug-likeness (QED) is 0.554. The minimum absolute atomic E-state index is 0.0972. The fraction of sp³-hybridized carbons (Fsp3) is 0.750. The molecule has 0 spiro atoms. The fourth-order valence-electron chi connectivity index (χ4n) is 0.976. The molecule has 1 rings (SSSR count). The van der Waals surface area contributed by atoms with E-state index in [2.05, 4.69) is 4.90 Å². The largest absolute Gasteiger partial charge is 0.481 e. The van der Waals surface area contributed by atoms with Crippen molar-refractivity contribution in [3.8, 4) is 0 Å². The Kier molecular flexibility index (Phi) is 3.39. The van der Waals surface area contributed by atoms with Crippen LogP contribution in [0.3, 0.4) is 0 Å². The maximum absolute atomic E-state index is 5.36. The van der Waals surface area contributed by atoms with Gasteiger partial charge in [-0.25, -0.2) is 0 Å². The molecular weight excluding hydrogens is 142 g/mol. The van der Waals surface area contributed by atoms with E-state index in [-0.39, 0.29) is 6.23 Å². The molecule has 1 heterocycles. The maximum atomic E-state index is 5.36. The second-order valence-corrected chi connectivity index (χ2v) is 2.62. The summed E-state index contributed by atoms with van der Waals surface area (Å²) in [6, 6.07) is 0. The van der Waals surface area contributed by atoms with Crippen LogP contribution in [0.25, 0.3) is 0 Å². The van der Waals surface area contributed by atoms with Gasteiger partial charge in [0, 0.05) is 6.54 Å². The van der Waals surface area contributed by atoms with Crippen molar-refractivity contribution in [1.82, 2.24) is 4.90 Å². The molecule has 1 aliphatic heterocycles. The summed E-state index contributed by atoms with van der Waals surface area (Å²) in [6.07, 6.45) is 3.68. The number of nitrogens with zero attached hydrogens (tertiary/aromatic N) is 1. The smallest absolute Gasteiger partial charge is 0.175 e. The average molecular weight is 157 g/mol. The number of morpholine rings is 1. The summed E-state index contributed by atoms with van der Waals surface area (Å²) in [5.74, 6) is 0. The van der Waals surface area contributed by atoms with Gasteiger partial charge >= 0.3 is 0 Å². The molecule has 0 aromatic heterocycles. The first-order valence-electron chi connectivity index (χ1n) is 3.89. The van der Waals surface area contributed by atoms with E-state index in [1.807, 2.05) is 20.0 Å². The normalized spacial score (nSPS) is 27.6. The molecule has 64 valence electrons. The molecule has 0 N–H and O–H groups in total. The first-order valence-corrected chi connectivity index (χ1v) is 3.89. The Labute approximate surface area is 67.6 Å². The fourth-order valence-corrected chi connectivity index (χ4v) is 0.976. The van der Waals surface area contributed by atoms with E-state index in [4.69, 9.17) is 9.47 Å². The number of likely N-dealkylation sites (N-methyl/N-ethyl adjacent to an activating group) is 1. The van der Waals surface area contributed by atoms with Crippen LogP contribution in [-0.2, 0) is 9.47 Å². The Balaban J connectivity index is 2.29. The molecule has 0 radical (unpaired) electrons. The zero-order valence-electron chi connectivity index (χ0n) is 7.12. The van der Waals surface area contributed by atoms with Crippen LogP contribution in [0.1, 0.15) is 6.92 Å². The predicted octanol–water partition coefficient (Wildman–Crippen LogP) is 0.825. The van der Waals surface area contributed by atoms with E-state index >= 15 is 0 Å². The van der Waals surface area contributed by atoms with Crippen molar-refractivity contribution in [1.29, 1.82) is 0 Å². The number of allylic oxidation sites excluding steroid dienone is 1. The van der Waals surface area contributed by atoms with Crippen LogP contribution in [0.5, 0.6) is 0 Å². The van der Waals surface area contributed by atoms with Gasteiger partial charge in [-0.1, -0.05) is 6.08 Å². The zero-order valence-corrected chi connectivity index (χ0v) is 7.12. The van der Waals surface area contributed by atoms with Crippen LogP contribution in [0.4, 0.5) is 0 Å². The summed E-state index contributed by atoms with van der Waals surface area (Å²) >= 11 is 0. The molecule has 11 heavy (non-hydrogen) atoms. The Morgan fingerprint density at radius 3 is 3.09 bits per heavy atom. The van der Waals surface area contributed by atoms with Crippen molar-refractivity contribution >= 4 is 0 Å². The van der Waals surface area contributed by atoms with E-state index in [0.717, 1.165) is 13.2 Å². The van der Waals surface area contributed by atoms with E-state index < -0.39 is 0 Å². The highest BCUT2D eigenvalue weighted by Gasteiger charge is 2.18. The number of hydrogen-bond donors (Lipinski definition) is 0. The lowest BCUT2D eigenvalue weighted by Crippen LogP contribution is -2.43. The number of ether oxygens (including phenoxy) is 2. The van der Waals surface area contributed by atoms with Gasteiger partial charge in [0.15, 0.2) is 6.23 Å². The summed E-state index contributed by atoms with van der Waals surface area (Å²) in [5, 5.41) is 0. The van der Waals surface area contributed by atoms with Gasteiger partial charge in [0.25, 0.3) is 0 Å². The lowest BCUT2D eigenvalue weighted by molar-refractivity contribution is -0.0992. The van der Waals surface area contributed by atoms with Crippen molar-refractivity contribution in [2.45, 2.75) is 13.2 Å². The maximum Gasteiger partial charge on any atom is 0.175 e. The summed E-state index contributed by atoms with van der Waals surface area (Å²) in [7, 11) is 2.04. The second-order valence-electron chi connectivity index (χ2n) is 2.62. The Bertz CT molecular complexity index is 136. The van der Waals surface area contributed by atoms with Crippen LogP contribution in [-0.4, -0.2) is 37.9 Å². The van der Waals surface area contributed by atoms with Crippen LogP contribution in [0, 0.1) is 0 Å². The third-order valence-corrected chi connectivity index (χ3v) is 1.71. The van der Waals surface area contributed by atoms with Gasteiger partial charge in [-0.2, -0.15) is 0 Å².